The number of pyridine rings is 1. The van der Waals surface area contributed by atoms with Gasteiger partial charge in [0.15, 0.2) is 0 Å². The van der Waals surface area contributed by atoms with E-state index in [4.69, 9.17) is 0 Å². The fourth-order valence-corrected chi connectivity index (χ4v) is 4.18. The van der Waals surface area contributed by atoms with E-state index in [-0.39, 0.29) is 17.9 Å². The molecule has 7 heteroatoms. The largest absolute Gasteiger partial charge is 0.353 e. The summed E-state index contributed by atoms with van der Waals surface area (Å²) in [6.45, 7) is 4.76. The maximum absolute atomic E-state index is 13.3. The fourth-order valence-electron chi connectivity index (χ4n) is 4.18. The molecular weight excluding hydrogens is 402 g/mol. The topological polar surface area (TPSA) is 88.1 Å². The minimum atomic E-state index is -0.683. The van der Waals surface area contributed by atoms with Crippen LogP contribution in [0.15, 0.2) is 67.4 Å². The van der Waals surface area contributed by atoms with Crippen LogP contribution in [0, 0.1) is 5.41 Å². The third-order valence-corrected chi connectivity index (χ3v) is 5.82. The summed E-state index contributed by atoms with van der Waals surface area (Å²) in [5, 5.41) is 3.07. The number of benzene rings is 1. The first-order valence-electron chi connectivity index (χ1n) is 10.8. The minimum Gasteiger partial charge on any atom is -0.353 e. The van der Waals surface area contributed by atoms with Crippen molar-refractivity contribution in [1.29, 1.82) is 0 Å². The summed E-state index contributed by atoms with van der Waals surface area (Å²) in [4.78, 5) is 40.2. The van der Waals surface area contributed by atoms with Crippen molar-refractivity contribution >= 4 is 11.8 Å². The van der Waals surface area contributed by atoms with Gasteiger partial charge in [-0.3, -0.25) is 19.6 Å². The Morgan fingerprint density at radius 3 is 2.47 bits per heavy atom. The van der Waals surface area contributed by atoms with Crippen LogP contribution in [0.2, 0.25) is 0 Å². The molecule has 2 aromatic heterocycles. The number of rotatable bonds is 6. The molecule has 1 saturated heterocycles. The predicted octanol–water partition coefficient (Wildman–Crippen LogP) is 3.14. The molecular formula is C25H27N5O2. The lowest BCUT2D eigenvalue weighted by atomic mass is 9.79. The van der Waals surface area contributed by atoms with Crippen LogP contribution in [0.25, 0.3) is 11.1 Å². The van der Waals surface area contributed by atoms with Gasteiger partial charge in [0.25, 0.3) is 5.91 Å². The molecule has 1 unspecified atom stereocenters. The Labute approximate surface area is 187 Å². The molecule has 4 rings (SSSR count). The quantitative estimate of drug-likeness (QED) is 0.650. The summed E-state index contributed by atoms with van der Waals surface area (Å²) < 4.78 is 0. The van der Waals surface area contributed by atoms with Crippen molar-refractivity contribution in [1.82, 2.24) is 25.2 Å². The van der Waals surface area contributed by atoms with Crippen LogP contribution in [-0.2, 0) is 11.2 Å². The average molecular weight is 430 g/mol. The van der Waals surface area contributed by atoms with Crippen molar-refractivity contribution in [3.8, 4) is 11.1 Å². The van der Waals surface area contributed by atoms with Crippen LogP contribution in [0.3, 0.4) is 0 Å². The van der Waals surface area contributed by atoms with Gasteiger partial charge < -0.3 is 10.2 Å². The van der Waals surface area contributed by atoms with Crippen molar-refractivity contribution in [3.63, 3.8) is 0 Å². The van der Waals surface area contributed by atoms with E-state index in [1.54, 1.807) is 11.1 Å². The Morgan fingerprint density at radius 1 is 1.03 bits per heavy atom. The van der Waals surface area contributed by atoms with E-state index >= 15 is 0 Å². The van der Waals surface area contributed by atoms with Crippen LogP contribution >= 0.6 is 0 Å². The van der Waals surface area contributed by atoms with Gasteiger partial charge in [-0.25, -0.2) is 4.98 Å². The number of amides is 2. The van der Waals surface area contributed by atoms with Crippen LogP contribution < -0.4 is 5.32 Å². The smallest absolute Gasteiger partial charge is 0.274 e. The monoisotopic (exact) mass is 429 g/mol. The highest BCUT2D eigenvalue weighted by molar-refractivity contribution is 5.93. The molecule has 1 fully saturated rings. The molecule has 0 spiro atoms. The number of hydrogen-bond donors (Lipinski definition) is 1. The molecule has 0 radical (unpaired) electrons. The number of hydrogen-bond acceptors (Lipinski definition) is 5. The zero-order valence-electron chi connectivity index (χ0n) is 18.4. The third kappa shape index (κ3) is 4.66. The number of carbonyl (C=O) groups excluding carboxylic acids is 2. The average Bonchev–Trinajstić information content (AvgIpc) is 3.25. The highest BCUT2D eigenvalue weighted by Gasteiger charge is 2.46. The Morgan fingerprint density at radius 2 is 1.81 bits per heavy atom. The summed E-state index contributed by atoms with van der Waals surface area (Å²) in [7, 11) is 0. The number of nitrogens with zero attached hydrogens (tertiary/aromatic N) is 4. The van der Waals surface area contributed by atoms with Crippen LogP contribution in [0.5, 0.6) is 0 Å². The summed E-state index contributed by atoms with van der Waals surface area (Å²) in [5.74, 6) is -0.206. The second-order valence-electron chi connectivity index (χ2n) is 8.59. The van der Waals surface area contributed by atoms with Crippen LogP contribution in [0.4, 0.5) is 0 Å². The SMILES string of the molecule is CC(C)NC(=O)C1(Cc2ccc(-c3cccnc3)cc2)CCN(C(=O)c2cnccn2)C1. The van der Waals surface area contributed by atoms with Gasteiger partial charge in [-0.05, 0) is 49.4 Å². The molecule has 32 heavy (non-hydrogen) atoms. The van der Waals surface area contributed by atoms with Crippen LogP contribution in [-0.4, -0.2) is 50.8 Å². The van der Waals surface area contributed by atoms with E-state index in [9.17, 15) is 9.59 Å². The van der Waals surface area contributed by atoms with Crippen molar-refractivity contribution in [2.75, 3.05) is 13.1 Å². The van der Waals surface area contributed by atoms with E-state index in [2.05, 4.69) is 44.5 Å². The highest BCUT2D eigenvalue weighted by Crippen LogP contribution is 2.36. The Bertz CT molecular complexity index is 1070. The van der Waals surface area contributed by atoms with Crippen LogP contribution in [0.1, 0.15) is 36.3 Å². The fraction of sp³-hybridized carbons (Fsp3) is 0.320. The predicted molar refractivity (Wildman–Crippen MR) is 122 cm³/mol. The first kappa shape index (κ1) is 21.6. The summed E-state index contributed by atoms with van der Waals surface area (Å²) in [5.41, 5.74) is 2.80. The maximum Gasteiger partial charge on any atom is 0.274 e. The molecule has 1 aliphatic rings. The van der Waals surface area contributed by atoms with E-state index in [0.29, 0.717) is 31.6 Å². The first-order chi connectivity index (χ1) is 15.5. The number of nitrogens with one attached hydrogen (secondary N) is 1. The molecule has 7 nitrogen and oxygen atoms in total. The second kappa shape index (κ2) is 9.26. The van der Waals surface area contributed by atoms with Gasteiger partial charge in [0, 0.05) is 43.9 Å². The summed E-state index contributed by atoms with van der Waals surface area (Å²) in [6, 6.07) is 12.2. The Balaban J connectivity index is 1.56. The lowest BCUT2D eigenvalue weighted by Crippen LogP contribution is -2.47. The lowest BCUT2D eigenvalue weighted by Gasteiger charge is -2.29. The van der Waals surface area contributed by atoms with Gasteiger partial charge in [-0.1, -0.05) is 30.3 Å². The van der Waals surface area contributed by atoms with Gasteiger partial charge in [0.1, 0.15) is 5.69 Å². The Hall–Kier alpha value is -3.61. The maximum atomic E-state index is 13.3. The molecule has 1 aliphatic heterocycles. The van der Waals surface area contributed by atoms with Crippen molar-refractivity contribution in [2.45, 2.75) is 32.7 Å². The van der Waals surface area contributed by atoms with Gasteiger partial charge >= 0.3 is 0 Å². The second-order valence-corrected chi connectivity index (χ2v) is 8.59. The molecule has 1 aromatic carbocycles. The molecule has 3 heterocycles. The molecule has 3 aromatic rings. The highest BCUT2D eigenvalue weighted by atomic mass is 16.2. The number of likely N-dealkylation sites (tertiary alicyclic amines) is 1. The Kier molecular flexibility index (Phi) is 6.25. The van der Waals surface area contributed by atoms with Gasteiger partial charge in [0.05, 0.1) is 11.6 Å². The first-order valence-corrected chi connectivity index (χ1v) is 10.8. The van der Waals surface area contributed by atoms with E-state index in [1.807, 2.05) is 32.2 Å². The number of carbonyl (C=O) groups is 2. The zero-order chi connectivity index (χ0) is 22.6. The molecule has 1 N–H and O–H groups in total. The molecule has 0 aliphatic carbocycles. The van der Waals surface area contributed by atoms with E-state index in [0.717, 1.165) is 16.7 Å². The normalized spacial score (nSPS) is 18.0. The van der Waals surface area contributed by atoms with Gasteiger partial charge in [-0.2, -0.15) is 0 Å². The molecule has 2 amide bonds. The van der Waals surface area contributed by atoms with Gasteiger partial charge in [0.2, 0.25) is 5.91 Å². The van der Waals surface area contributed by atoms with E-state index in [1.165, 1.54) is 18.6 Å². The van der Waals surface area contributed by atoms with Crippen molar-refractivity contribution < 1.29 is 9.59 Å². The minimum absolute atomic E-state index is 0.0155. The summed E-state index contributed by atoms with van der Waals surface area (Å²) in [6.07, 6.45) is 9.25. The standard InChI is InChI=1S/C25H27N5O2/c1-18(2)29-24(32)25(9-13-30(17-25)23(31)22-16-27-11-12-28-22)14-19-5-7-20(8-6-19)21-4-3-10-26-15-21/h3-8,10-12,15-16,18H,9,13-14,17H2,1-2H3,(H,29,32). The van der Waals surface area contributed by atoms with Crippen molar-refractivity contribution in [3.05, 3.63) is 78.6 Å². The van der Waals surface area contributed by atoms with Crippen molar-refractivity contribution in [2.24, 2.45) is 5.41 Å². The molecule has 0 bridgehead atoms. The lowest BCUT2D eigenvalue weighted by molar-refractivity contribution is -0.130. The van der Waals surface area contributed by atoms with Gasteiger partial charge in [-0.15, -0.1) is 0 Å². The van der Waals surface area contributed by atoms with E-state index < -0.39 is 5.41 Å². The number of aromatic nitrogens is 3. The summed E-state index contributed by atoms with van der Waals surface area (Å²) >= 11 is 0. The zero-order valence-corrected chi connectivity index (χ0v) is 18.4. The molecule has 1 atom stereocenters. The third-order valence-electron chi connectivity index (χ3n) is 5.82. The molecule has 164 valence electrons. The molecule has 0 saturated carbocycles.